The number of hydrogen-bond donors (Lipinski definition) is 0. The number of rotatable bonds is 6. The van der Waals surface area contributed by atoms with Crippen molar-refractivity contribution < 1.29 is 35.6 Å². The van der Waals surface area contributed by atoms with Crippen molar-refractivity contribution in [2.24, 2.45) is 5.16 Å². The number of benzene rings is 3. The monoisotopic (exact) mass is 578 g/mol. The van der Waals surface area contributed by atoms with Gasteiger partial charge < -0.3 is 9.40 Å². The number of oxime groups is 1. The average Bonchev–Trinajstić information content (AvgIpc) is 3.20. The molecule has 6 nitrogen and oxygen atoms in total. The largest absolute Gasteiger partial charge is 0.437 e. The summed E-state index contributed by atoms with van der Waals surface area (Å²) < 4.78 is 81.4. The van der Waals surface area contributed by atoms with E-state index in [4.69, 9.17) is 11.6 Å². The van der Waals surface area contributed by atoms with Gasteiger partial charge in [-0.05, 0) is 79.2 Å². The fraction of sp³-hybridized carbons (Fsp3) is 0.111. The van der Waals surface area contributed by atoms with Gasteiger partial charge in [0.1, 0.15) is 5.82 Å². The first kappa shape index (κ1) is 28.1. The molecule has 0 atom stereocenters. The summed E-state index contributed by atoms with van der Waals surface area (Å²) in [6, 6.07) is 17.1. The van der Waals surface area contributed by atoms with Crippen LogP contribution in [0.5, 0.6) is 0 Å². The van der Waals surface area contributed by atoms with Gasteiger partial charge in [-0.3, -0.25) is 0 Å². The molecule has 4 aromatic rings. The molecule has 202 valence electrons. The Labute approximate surface area is 226 Å². The zero-order valence-electron chi connectivity index (χ0n) is 20.3. The zero-order chi connectivity index (χ0) is 28.5. The van der Waals surface area contributed by atoms with Crippen LogP contribution in [0.25, 0.3) is 16.9 Å². The summed E-state index contributed by atoms with van der Waals surface area (Å²) in [6.07, 6.45) is -4.00. The molecule has 0 saturated carbocycles. The van der Waals surface area contributed by atoms with Crippen LogP contribution in [0.3, 0.4) is 0 Å². The van der Waals surface area contributed by atoms with Gasteiger partial charge >= 0.3 is 12.1 Å². The predicted molar refractivity (Wildman–Crippen MR) is 138 cm³/mol. The van der Waals surface area contributed by atoms with Crippen molar-refractivity contribution in [1.82, 2.24) is 4.57 Å². The number of hydrogen-bond acceptors (Lipinski definition) is 5. The molecule has 1 aromatic heterocycles. The Morgan fingerprint density at radius 2 is 1.54 bits per heavy atom. The summed E-state index contributed by atoms with van der Waals surface area (Å²) in [6.45, 7) is 1.40. The van der Waals surface area contributed by atoms with Gasteiger partial charge in [0.15, 0.2) is 15.5 Å². The van der Waals surface area contributed by atoms with Crippen LogP contribution in [-0.4, -0.2) is 37.1 Å². The highest BCUT2D eigenvalue weighted by molar-refractivity contribution is 7.90. The quantitative estimate of drug-likeness (QED) is 0.109. The predicted octanol–water partition coefficient (Wildman–Crippen LogP) is 6.77. The lowest BCUT2D eigenvalue weighted by atomic mass is 10.1. The topological polar surface area (TPSA) is 77.7 Å². The molecule has 0 unspecified atom stereocenters. The van der Waals surface area contributed by atoms with Crippen LogP contribution in [0.15, 0.2) is 88.9 Å². The van der Waals surface area contributed by atoms with Crippen LogP contribution in [0.2, 0.25) is 5.02 Å². The molecule has 0 radical (unpaired) electrons. The lowest BCUT2D eigenvalue weighted by molar-refractivity contribution is -0.0605. The highest BCUT2D eigenvalue weighted by Gasteiger charge is 2.40. The molecular formula is C27H19ClF4N2O4S. The van der Waals surface area contributed by atoms with Crippen molar-refractivity contribution in [3.63, 3.8) is 0 Å². The highest BCUT2D eigenvalue weighted by Crippen LogP contribution is 2.34. The van der Waals surface area contributed by atoms with Crippen LogP contribution < -0.4 is 0 Å². The Kier molecular flexibility index (Phi) is 7.67. The number of carbonyl (C=O) groups excluding carboxylic acids is 1. The summed E-state index contributed by atoms with van der Waals surface area (Å²) >= 11 is 5.78. The van der Waals surface area contributed by atoms with Crippen LogP contribution in [-0.2, 0) is 14.7 Å². The van der Waals surface area contributed by atoms with Crippen LogP contribution >= 0.6 is 11.6 Å². The lowest BCUT2D eigenvalue weighted by Crippen LogP contribution is -2.25. The minimum atomic E-state index is -5.03. The maximum absolute atomic E-state index is 14.2. The summed E-state index contributed by atoms with van der Waals surface area (Å²) in [4.78, 5) is 17.0. The van der Waals surface area contributed by atoms with Gasteiger partial charge in [-0.25, -0.2) is 17.6 Å². The number of nitrogens with zero attached hydrogens (tertiary/aromatic N) is 2. The molecule has 0 amide bonds. The minimum absolute atomic E-state index is 0.0229. The third-order valence-electron chi connectivity index (χ3n) is 5.73. The number of alkyl halides is 3. The Balaban J connectivity index is 1.86. The Morgan fingerprint density at radius 3 is 2.08 bits per heavy atom. The van der Waals surface area contributed by atoms with E-state index < -0.39 is 39.1 Å². The second-order valence-electron chi connectivity index (χ2n) is 8.46. The molecule has 0 N–H and O–H groups in total. The van der Waals surface area contributed by atoms with E-state index in [9.17, 15) is 30.8 Å². The molecule has 0 fully saturated rings. The number of sulfone groups is 1. The van der Waals surface area contributed by atoms with Gasteiger partial charge in [0.05, 0.1) is 16.2 Å². The second kappa shape index (κ2) is 10.7. The van der Waals surface area contributed by atoms with E-state index >= 15 is 0 Å². The molecule has 0 saturated heterocycles. The maximum Gasteiger partial charge on any atom is 0.437 e. The number of carbonyl (C=O) groups is 1. The van der Waals surface area contributed by atoms with Crippen molar-refractivity contribution in [2.45, 2.75) is 18.0 Å². The molecule has 0 aliphatic rings. The molecule has 1 heterocycles. The third-order valence-corrected chi connectivity index (χ3v) is 7.11. The summed E-state index contributed by atoms with van der Waals surface area (Å²) in [5, 5.41) is 3.50. The van der Waals surface area contributed by atoms with E-state index in [-0.39, 0.29) is 21.8 Å². The first-order valence-corrected chi connectivity index (χ1v) is 13.4. The molecule has 0 spiro atoms. The van der Waals surface area contributed by atoms with E-state index in [2.05, 4.69) is 9.99 Å². The van der Waals surface area contributed by atoms with Crippen molar-refractivity contribution in [1.29, 1.82) is 0 Å². The fourth-order valence-electron chi connectivity index (χ4n) is 3.83. The van der Waals surface area contributed by atoms with E-state index in [1.54, 1.807) is 0 Å². The average molecular weight is 579 g/mol. The smallest absolute Gasteiger partial charge is 0.313 e. The third kappa shape index (κ3) is 6.21. The summed E-state index contributed by atoms with van der Waals surface area (Å²) in [5.41, 5.74) is -0.938. The molecule has 39 heavy (non-hydrogen) atoms. The highest BCUT2D eigenvalue weighted by atomic mass is 35.5. The van der Waals surface area contributed by atoms with Crippen molar-refractivity contribution in [2.75, 3.05) is 6.26 Å². The zero-order valence-corrected chi connectivity index (χ0v) is 21.9. The SMILES string of the molecule is Cc1c(C(=NOC(=O)c2ccc(Cl)cc2)C(F)(F)F)cc(-c2ccc(S(C)(=O)=O)cc2)n1-c1ccc(F)cc1. The van der Waals surface area contributed by atoms with Gasteiger partial charge in [0.25, 0.3) is 0 Å². The van der Waals surface area contributed by atoms with E-state index in [0.717, 1.165) is 18.4 Å². The Morgan fingerprint density at radius 1 is 0.949 bits per heavy atom. The second-order valence-corrected chi connectivity index (χ2v) is 10.9. The van der Waals surface area contributed by atoms with Gasteiger partial charge in [-0.2, -0.15) is 13.2 Å². The molecule has 3 aromatic carbocycles. The maximum atomic E-state index is 14.2. The molecule has 0 bridgehead atoms. The van der Waals surface area contributed by atoms with E-state index in [1.807, 2.05) is 0 Å². The molecule has 4 rings (SSSR count). The van der Waals surface area contributed by atoms with Crippen LogP contribution in [0.1, 0.15) is 21.6 Å². The normalized spacial score (nSPS) is 12.4. The lowest BCUT2D eigenvalue weighted by Gasteiger charge is -2.14. The van der Waals surface area contributed by atoms with Crippen molar-refractivity contribution in [3.8, 4) is 16.9 Å². The molecular weight excluding hydrogens is 560 g/mol. The molecule has 0 aliphatic heterocycles. The van der Waals surface area contributed by atoms with Gasteiger partial charge in [-0.15, -0.1) is 0 Å². The van der Waals surface area contributed by atoms with Crippen molar-refractivity contribution in [3.05, 3.63) is 107 Å². The molecule has 0 aliphatic carbocycles. The van der Waals surface area contributed by atoms with E-state index in [1.165, 1.54) is 78.2 Å². The van der Waals surface area contributed by atoms with Gasteiger partial charge in [0.2, 0.25) is 0 Å². The number of aromatic nitrogens is 1. The summed E-state index contributed by atoms with van der Waals surface area (Å²) in [5.74, 6) is -1.67. The molecule has 12 heteroatoms. The summed E-state index contributed by atoms with van der Waals surface area (Å²) in [7, 11) is -3.52. The standard InChI is InChI=1S/C27H19ClF4N2O4S/c1-16-23(25(27(30,31)32)33-38-26(35)18-3-7-19(28)8-4-18)15-24(34(16)21-11-9-20(29)10-12-21)17-5-13-22(14-6-17)39(2,36)37/h3-15H,1-2H3. The first-order chi connectivity index (χ1) is 18.3. The van der Waals surface area contributed by atoms with E-state index in [0.29, 0.717) is 16.3 Å². The van der Waals surface area contributed by atoms with Crippen molar-refractivity contribution >= 4 is 33.1 Å². The Bertz CT molecular complexity index is 1660. The number of halogens is 5. The van der Waals surface area contributed by atoms with Crippen LogP contribution in [0.4, 0.5) is 17.6 Å². The van der Waals surface area contributed by atoms with Crippen LogP contribution in [0, 0.1) is 12.7 Å². The minimum Gasteiger partial charge on any atom is -0.313 e. The van der Waals surface area contributed by atoms with Gasteiger partial charge in [0, 0.05) is 28.2 Å². The Hall–Kier alpha value is -3.96. The van der Waals surface area contributed by atoms with Gasteiger partial charge in [-0.1, -0.05) is 28.9 Å². The fourth-order valence-corrected chi connectivity index (χ4v) is 4.59. The first-order valence-electron chi connectivity index (χ1n) is 11.2.